The number of rotatable bonds is 3. The Kier molecular flexibility index (Phi) is 3.09. The molecule has 1 aromatic heterocycles. The van der Waals surface area contributed by atoms with Crippen molar-refractivity contribution in [1.82, 2.24) is 4.98 Å². The summed E-state index contributed by atoms with van der Waals surface area (Å²) in [6.07, 6.45) is 1.70. The molecule has 15 heavy (non-hydrogen) atoms. The first-order valence-electron chi connectivity index (χ1n) is 4.65. The van der Waals surface area contributed by atoms with Crippen LogP contribution in [-0.2, 0) is 0 Å². The number of hydrazone groups is 1. The van der Waals surface area contributed by atoms with Crippen molar-refractivity contribution in [3.63, 3.8) is 0 Å². The minimum absolute atomic E-state index is 0.812. The summed E-state index contributed by atoms with van der Waals surface area (Å²) in [5, 5.41) is 6.75. The van der Waals surface area contributed by atoms with E-state index < -0.39 is 0 Å². The third kappa shape index (κ3) is 2.41. The van der Waals surface area contributed by atoms with Crippen LogP contribution in [0.5, 0.6) is 0 Å². The lowest BCUT2D eigenvalue weighted by molar-refractivity contribution is 1.29. The van der Waals surface area contributed by atoms with E-state index in [9.17, 15) is 0 Å². The first-order chi connectivity index (χ1) is 7.40. The summed E-state index contributed by atoms with van der Waals surface area (Å²) in [6, 6.07) is 10.1. The fraction of sp³-hybridized carbons (Fsp3) is 0.0909. The maximum atomic E-state index is 4.41. The van der Waals surface area contributed by atoms with Crippen molar-refractivity contribution in [1.29, 1.82) is 0 Å². The topological polar surface area (TPSA) is 37.3 Å². The lowest BCUT2D eigenvalue weighted by Crippen LogP contribution is -1.86. The first-order valence-corrected chi connectivity index (χ1v) is 5.53. The number of aromatic nitrogens is 1. The van der Waals surface area contributed by atoms with E-state index in [-0.39, 0.29) is 0 Å². The predicted molar refractivity (Wildman–Crippen MR) is 65.3 cm³/mol. The number of nitrogens with one attached hydrogen (secondary N) is 1. The van der Waals surface area contributed by atoms with Crippen molar-refractivity contribution >= 4 is 22.7 Å². The van der Waals surface area contributed by atoms with Crippen LogP contribution < -0.4 is 5.43 Å². The van der Waals surface area contributed by atoms with Crippen LogP contribution in [0.1, 0.15) is 6.92 Å². The van der Waals surface area contributed by atoms with Crippen LogP contribution in [0.3, 0.4) is 0 Å². The van der Waals surface area contributed by atoms with Crippen LogP contribution in [0.15, 0.2) is 40.8 Å². The van der Waals surface area contributed by atoms with Gasteiger partial charge in [0.25, 0.3) is 0 Å². The van der Waals surface area contributed by atoms with E-state index in [4.69, 9.17) is 0 Å². The van der Waals surface area contributed by atoms with Crippen molar-refractivity contribution in [2.24, 2.45) is 5.10 Å². The molecule has 4 heteroatoms. The largest absolute Gasteiger partial charge is 0.253 e. The summed E-state index contributed by atoms with van der Waals surface area (Å²) in [5.74, 6) is 0. The van der Waals surface area contributed by atoms with Crippen LogP contribution in [0.25, 0.3) is 11.3 Å². The Morgan fingerprint density at radius 2 is 2.13 bits per heavy atom. The molecule has 0 fully saturated rings. The van der Waals surface area contributed by atoms with Gasteiger partial charge in [0.1, 0.15) is 0 Å². The Labute approximate surface area is 92.5 Å². The Hall–Kier alpha value is -1.68. The maximum absolute atomic E-state index is 4.41. The molecule has 0 atom stereocenters. The number of thiazole rings is 1. The summed E-state index contributed by atoms with van der Waals surface area (Å²) in [6.45, 7) is 1.86. The molecule has 0 radical (unpaired) electrons. The van der Waals surface area contributed by atoms with Gasteiger partial charge in [0.15, 0.2) is 0 Å². The second-order valence-electron chi connectivity index (χ2n) is 2.90. The van der Waals surface area contributed by atoms with E-state index in [0.29, 0.717) is 0 Å². The number of hydrogen-bond acceptors (Lipinski definition) is 4. The molecular weight excluding hydrogens is 206 g/mol. The number of nitrogens with zero attached hydrogens (tertiary/aromatic N) is 2. The van der Waals surface area contributed by atoms with Gasteiger partial charge in [0.2, 0.25) is 5.13 Å². The molecule has 0 spiro atoms. The van der Waals surface area contributed by atoms with E-state index >= 15 is 0 Å². The van der Waals surface area contributed by atoms with Gasteiger partial charge in [0.05, 0.1) is 5.69 Å². The summed E-state index contributed by atoms with van der Waals surface area (Å²) in [4.78, 5) is 4.41. The molecule has 0 saturated heterocycles. The number of hydrogen-bond donors (Lipinski definition) is 1. The predicted octanol–water partition coefficient (Wildman–Crippen LogP) is 3.23. The highest BCUT2D eigenvalue weighted by Gasteiger charge is 2.02. The van der Waals surface area contributed by atoms with Crippen molar-refractivity contribution in [2.45, 2.75) is 6.92 Å². The monoisotopic (exact) mass is 217 g/mol. The molecule has 3 nitrogen and oxygen atoms in total. The van der Waals surface area contributed by atoms with Gasteiger partial charge >= 0.3 is 0 Å². The van der Waals surface area contributed by atoms with E-state index in [1.807, 2.05) is 42.6 Å². The van der Waals surface area contributed by atoms with Crippen LogP contribution in [0.2, 0.25) is 0 Å². The van der Waals surface area contributed by atoms with Crippen molar-refractivity contribution in [2.75, 3.05) is 5.43 Å². The molecular formula is C11H11N3S. The van der Waals surface area contributed by atoms with Gasteiger partial charge in [-0.05, 0) is 6.92 Å². The van der Waals surface area contributed by atoms with E-state index in [0.717, 1.165) is 16.4 Å². The van der Waals surface area contributed by atoms with Crippen LogP contribution in [0, 0.1) is 0 Å². The maximum Gasteiger partial charge on any atom is 0.203 e. The van der Waals surface area contributed by atoms with Crippen LogP contribution >= 0.6 is 11.3 Å². The highest BCUT2D eigenvalue weighted by Crippen LogP contribution is 2.24. The molecule has 0 aliphatic rings. The third-order valence-electron chi connectivity index (χ3n) is 1.86. The van der Waals surface area contributed by atoms with E-state index in [1.54, 1.807) is 17.6 Å². The van der Waals surface area contributed by atoms with Gasteiger partial charge in [-0.1, -0.05) is 30.3 Å². The zero-order valence-electron chi connectivity index (χ0n) is 8.34. The average molecular weight is 217 g/mol. The normalized spacial score (nSPS) is 10.7. The van der Waals surface area contributed by atoms with Crippen LogP contribution in [0.4, 0.5) is 5.13 Å². The minimum Gasteiger partial charge on any atom is -0.253 e. The molecule has 76 valence electrons. The summed E-state index contributed by atoms with van der Waals surface area (Å²) in [7, 11) is 0. The standard InChI is InChI=1S/C11H11N3S/c1-2-12-14-11-13-10(8-15-11)9-6-4-3-5-7-9/h2-8H,1H3,(H,13,14)/b12-2+. The van der Waals surface area contributed by atoms with Gasteiger partial charge in [-0.2, -0.15) is 5.10 Å². The first kappa shape index (κ1) is 9.86. The molecule has 0 saturated carbocycles. The van der Waals surface area contributed by atoms with Crippen molar-refractivity contribution in [3.05, 3.63) is 35.7 Å². The van der Waals surface area contributed by atoms with E-state index in [1.165, 1.54) is 0 Å². The summed E-state index contributed by atoms with van der Waals surface area (Å²) in [5.41, 5.74) is 4.97. The average Bonchev–Trinajstić information content (AvgIpc) is 2.76. The third-order valence-corrected chi connectivity index (χ3v) is 2.61. The molecule has 2 rings (SSSR count). The van der Waals surface area contributed by atoms with Crippen molar-refractivity contribution < 1.29 is 0 Å². The van der Waals surface area contributed by atoms with Crippen molar-refractivity contribution in [3.8, 4) is 11.3 Å². The molecule has 0 aliphatic heterocycles. The smallest absolute Gasteiger partial charge is 0.203 e. The molecule has 2 aromatic rings. The quantitative estimate of drug-likeness (QED) is 0.633. The minimum atomic E-state index is 0.812. The Bertz CT molecular complexity index is 448. The fourth-order valence-corrected chi connectivity index (χ4v) is 1.85. The molecule has 0 unspecified atom stereocenters. The van der Waals surface area contributed by atoms with Gasteiger partial charge < -0.3 is 0 Å². The second-order valence-corrected chi connectivity index (χ2v) is 3.76. The molecule has 0 aliphatic carbocycles. The van der Waals surface area contributed by atoms with Gasteiger partial charge in [0, 0.05) is 17.2 Å². The zero-order valence-corrected chi connectivity index (χ0v) is 9.16. The van der Waals surface area contributed by atoms with Crippen LogP contribution in [-0.4, -0.2) is 11.2 Å². The van der Waals surface area contributed by atoms with E-state index in [2.05, 4.69) is 15.5 Å². The highest BCUT2D eigenvalue weighted by molar-refractivity contribution is 7.14. The molecule has 0 amide bonds. The Morgan fingerprint density at radius 1 is 1.33 bits per heavy atom. The molecule has 1 heterocycles. The zero-order chi connectivity index (χ0) is 10.5. The number of benzene rings is 1. The molecule has 0 bridgehead atoms. The number of anilines is 1. The lowest BCUT2D eigenvalue weighted by atomic mass is 10.2. The SMILES string of the molecule is C/C=N/Nc1nc(-c2ccccc2)cs1. The highest BCUT2D eigenvalue weighted by atomic mass is 32.1. The van der Waals surface area contributed by atoms with Gasteiger partial charge in [-0.15, -0.1) is 11.3 Å². The summed E-state index contributed by atoms with van der Waals surface area (Å²) >= 11 is 1.55. The molecule has 1 aromatic carbocycles. The molecule has 1 N–H and O–H groups in total. The summed E-state index contributed by atoms with van der Waals surface area (Å²) < 4.78 is 0. The van der Waals surface area contributed by atoms with Gasteiger partial charge in [-0.25, -0.2) is 4.98 Å². The van der Waals surface area contributed by atoms with Gasteiger partial charge in [-0.3, -0.25) is 5.43 Å². The second kappa shape index (κ2) is 4.70. The Morgan fingerprint density at radius 3 is 2.87 bits per heavy atom. The fourth-order valence-electron chi connectivity index (χ4n) is 1.19. The lowest BCUT2D eigenvalue weighted by Gasteiger charge is -1.94. The Balaban J connectivity index is 2.20.